The first kappa shape index (κ1) is 22.8. The Labute approximate surface area is 180 Å². The molecule has 0 bridgehead atoms. The number of hydrogen-bond acceptors (Lipinski definition) is 7. The molecule has 2 atom stereocenters. The van der Waals surface area contributed by atoms with Gasteiger partial charge in [-0.15, -0.1) is 0 Å². The number of rotatable bonds is 3. The number of carbonyl (C=O) groups is 1. The Hall–Kier alpha value is -3.88. The number of aromatic nitrogens is 2. The summed E-state index contributed by atoms with van der Waals surface area (Å²) < 4.78 is 45.6. The van der Waals surface area contributed by atoms with Crippen molar-refractivity contribution in [2.75, 3.05) is 5.32 Å². The van der Waals surface area contributed by atoms with Crippen LogP contribution in [0.5, 0.6) is 0 Å². The maximum atomic E-state index is 13.3. The SMILES string of the molecule is Cc1cc(C#N)cnc1C(=O)Nc1cc(C2(C)CC(C(F)(F)F)OC(N)=N2)c(=O)n(C)c1. The smallest absolute Gasteiger partial charge is 0.425 e. The average molecular weight is 448 g/mol. The summed E-state index contributed by atoms with van der Waals surface area (Å²) >= 11 is 0. The number of halogens is 3. The van der Waals surface area contributed by atoms with E-state index >= 15 is 0 Å². The van der Waals surface area contributed by atoms with Gasteiger partial charge < -0.3 is 20.4 Å². The van der Waals surface area contributed by atoms with Gasteiger partial charge in [0.25, 0.3) is 17.5 Å². The molecule has 2 aromatic rings. The molecule has 12 heteroatoms. The number of amidine groups is 1. The summed E-state index contributed by atoms with van der Waals surface area (Å²) in [6, 6.07) is 3.98. The summed E-state index contributed by atoms with van der Waals surface area (Å²) in [5.41, 5.74) is 4.07. The van der Waals surface area contributed by atoms with Crippen LogP contribution in [0, 0.1) is 18.3 Å². The number of nitrogens with one attached hydrogen (secondary N) is 1. The molecule has 0 saturated carbocycles. The molecule has 1 aliphatic rings. The molecule has 0 spiro atoms. The Morgan fingerprint density at radius 3 is 2.72 bits per heavy atom. The van der Waals surface area contributed by atoms with E-state index in [1.165, 1.54) is 38.5 Å². The summed E-state index contributed by atoms with van der Waals surface area (Å²) in [5, 5.41) is 11.5. The molecule has 0 aromatic carbocycles. The number of amides is 1. The van der Waals surface area contributed by atoms with E-state index in [2.05, 4.69) is 20.0 Å². The first-order valence-electron chi connectivity index (χ1n) is 9.32. The third-order valence-electron chi connectivity index (χ3n) is 5.01. The van der Waals surface area contributed by atoms with Gasteiger partial charge in [-0.2, -0.15) is 18.4 Å². The molecule has 1 amide bonds. The minimum Gasteiger partial charge on any atom is -0.452 e. The Morgan fingerprint density at radius 1 is 1.44 bits per heavy atom. The van der Waals surface area contributed by atoms with Gasteiger partial charge in [-0.1, -0.05) is 0 Å². The van der Waals surface area contributed by atoms with Gasteiger partial charge in [-0.3, -0.25) is 9.59 Å². The van der Waals surface area contributed by atoms with Gasteiger partial charge in [0.05, 0.1) is 16.8 Å². The number of nitrogens with two attached hydrogens (primary N) is 1. The third kappa shape index (κ3) is 4.41. The summed E-state index contributed by atoms with van der Waals surface area (Å²) in [5.74, 6) is -0.620. The fourth-order valence-corrected chi connectivity index (χ4v) is 3.45. The molecule has 0 fully saturated rings. The third-order valence-corrected chi connectivity index (χ3v) is 5.01. The highest BCUT2D eigenvalue weighted by atomic mass is 19.4. The number of anilines is 1. The number of nitrogens with zero attached hydrogens (tertiary/aromatic N) is 4. The molecule has 0 saturated heterocycles. The second kappa shape index (κ2) is 7.99. The molecule has 3 N–H and O–H groups in total. The van der Waals surface area contributed by atoms with Crippen LogP contribution in [0.25, 0.3) is 0 Å². The number of ether oxygens (including phenoxy) is 1. The highest BCUT2D eigenvalue weighted by Crippen LogP contribution is 2.39. The Kier molecular flexibility index (Phi) is 5.69. The summed E-state index contributed by atoms with van der Waals surface area (Å²) in [6.07, 6.45) is -5.05. The zero-order valence-corrected chi connectivity index (χ0v) is 17.3. The fourth-order valence-electron chi connectivity index (χ4n) is 3.45. The van der Waals surface area contributed by atoms with Crippen molar-refractivity contribution in [1.29, 1.82) is 5.26 Å². The quantitative estimate of drug-likeness (QED) is 0.738. The Balaban J connectivity index is 2.00. The molecular formula is C20H19F3N6O3. The lowest BCUT2D eigenvalue weighted by molar-refractivity contribution is -0.208. The standard InChI is InChI=1S/C20H19F3N6O3/c1-10-4-11(7-24)8-26-15(10)16(30)27-12-5-13(17(31)29(3)9-12)19(2)6-14(20(21,22)23)32-18(25)28-19/h4-5,8-9,14H,6H2,1-3H3,(H2,25,28)(H,27,30). The maximum absolute atomic E-state index is 13.3. The number of pyridine rings is 2. The van der Waals surface area contributed by atoms with Crippen molar-refractivity contribution in [3.63, 3.8) is 0 Å². The van der Waals surface area contributed by atoms with Gasteiger partial charge in [0.15, 0.2) is 6.10 Å². The molecule has 0 radical (unpaired) electrons. The summed E-state index contributed by atoms with van der Waals surface area (Å²) in [6.45, 7) is 2.95. The normalized spacial score (nSPS) is 20.7. The Bertz CT molecular complexity index is 1210. The lowest BCUT2D eigenvalue weighted by atomic mass is 9.86. The van der Waals surface area contributed by atoms with Crippen LogP contribution in [0.15, 0.2) is 34.3 Å². The van der Waals surface area contributed by atoms with E-state index in [-0.39, 0.29) is 22.5 Å². The molecule has 2 aromatic heterocycles. The molecule has 9 nitrogen and oxygen atoms in total. The van der Waals surface area contributed by atoms with E-state index in [1.54, 1.807) is 6.92 Å². The first-order valence-corrected chi connectivity index (χ1v) is 9.32. The molecule has 1 aliphatic heterocycles. The second-order valence-electron chi connectivity index (χ2n) is 7.59. The number of hydrogen-bond donors (Lipinski definition) is 2. The van der Waals surface area contributed by atoms with Crippen molar-refractivity contribution in [3.05, 3.63) is 57.3 Å². The zero-order chi connectivity index (χ0) is 23.8. The summed E-state index contributed by atoms with van der Waals surface area (Å²) in [4.78, 5) is 33.4. The van der Waals surface area contributed by atoms with Gasteiger partial charge in [-0.25, -0.2) is 9.98 Å². The number of nitriles is 1. The molecule has 32 heavy (non-hydrogen) atoms. The van der Waals surface area contributed by atoms with E-state index in [1.807, 2.05) is 6.07 Å². The lowest BCUT2D eigenvalue weighted by Crippen LogP contribution is -2.47. The van der Waals surface area contributed by atoms with Gasteiger partial charge in [0.2, 0.25) is 0 Å². The van der Waals surface area contributed by atoms with Crippen molar-refractivity contribution in [3.8, 4) is 6.07 Å². The summed E-state index contributed by atoms with van der Waals surface area (Å²) in [7, 11) is 1.39. The predicted molar refractivity (Wildman–Crippen MR) is 108 cm³/mol. The van der Waals surface area contributed by atoms with Crippen molar-refractivity contribution in [2.24, 2.45) is 17.8 Å². The average Bonchev–Trinajstić information content (AvgIpc) is 2.68. The Morgan fingerprint density at radius 2 is 2.12 bits per heavy atom. The molecule has 0 aliphatic carbocycles. The monoisotopic (exact) mass is 448 g/mol. The number of alkyl halides is 3. The van der Waals surface area contributed by atoms with Gasteiger partial charge in [-0.05, 0) is 31.5 Å². The largest absolute Gasteiger partial charge is 0.452 e. The van der Waals surface area contributed by atoms with E-state index in [0.717, 1.165) is 4.57 Å². The van der Waals surface area contributed by atoms with Crippen LogP contribution in [0.2, 0.25) is 0 Å². The van der Waals surface area contributed by atoms with Gasteiger partial charge >= 0.3 is 6.18 Å². The van der Waals surface area contributed by atoms with E-state index in [4.69, 9.17) is 11.0 Å². The lowest BCUT2D eigenvalue weighted by Gasteiger charge is -2.35. The highest BCUT2D eigenvalue weighted by molar-refractivity contribution is 6.03. The van der Waals surface area contributed by atoms with Crippen LogP contribution in [0.3, 0.4) is 0 Å². The number of aliphatic imine (C=N–C) groups is 1. The van der Waals surface area contributed by atoms with Gasteiger partial charge in [0.1, 0.15) is 11.8 Å². The van der Waals surface area contributed by atoms with Crippen LogP contribution >= 0.6 is 0 Å². The zero-order valence-electron chi connectivity index (χ0n) is 17.3. The first-order chi connectivity index (χ1) is 14.8. The molecule has 2 unspecified atom stereocenters. The van der Waals surface area contributed by atoms with E-state index < -0.39 is 41.7 Å². The van der Waals surface area contributed by atoms with E-state index in [0.29, 0.717) is 5.56 Å². The minimum absolute atomic E-state index is 0.0519. The fraction of sp³-hybridized carbons (Fsp3) is 0.350. The van der Waals surface area contributed by atoms with Crippen LogP contribution in [0.4, 0.5) is 18.9 Å². The van der Waals surface area contributed by atoms with Crippen LogP contribution in [-0.2, 0) is 17.3 Å². The van der Waals surface area contributed by atoms with Gasteiger partial charge in [0, 0.05) is 31.4 Å². The molecular weight excluding hydrogens is 429 g/mol. The van der Waals surface area contributed by atoms with Crippen LogP contribution in [-0.4, -0.2) is 33.8 Å². The number of aryl methyl sites for hydroxylation is 2. The van der Waals surface area contributed by atoms with Crippen LogP contribution < -0.4 is 16.6 Å². The predicted octanol–water partition coefficient (Wildman–Crippen LogP) is 2.09. The minimum atomic E-state index is -4.71. The van der Waals surface area contributed by atoms with Crippen molar-refractivity contribution in [2.45, 2.75) is 38.1 Å². The number of carbonyl (C=O) groups excluding carboxylic acids is 1. The molecule has 168 valence electrons. The van der Waals surface area contributed by atoms with Crippen LogP contribution in [0.1, 0.15) is 40.5 Å². The van der Waals surface area contributed by atoms with E-state index in [9.17, 15) is 22.8 Å². The maximum Gasteiger partial charge on any atom is 0.425 e. The van der Waals surface area contributed by atoms with Crippen molar-refractivity contribution < 1.29 is 22.7 Å². The highest BCUT2D eigenvalue weighted by Gasteiger charge is 2.50. The van der Waals surface area contributed by atoms with Crippen molar-refractivity contribution in [1.82, 2.24) is 9.55 Å². The van der Waals surface area contributed by atoms with Crippen molar-refractivity contribution >= 4 is 17.6 Å². The molecule has 3 rings (SSSR count). The molecule has 3 heterocycles. The second-order valence-corrected chi connectivity index (χ2v) is 7.59. The topological polar surface area (TPSA) is 135 Å².